The predicted octanol–water partition coefficient (Wildman–Crippen LogP) is 3.52. The average Bonchev–Trinajstić information content (AvgIpc) is 3.51. The van der Waals surface area contributed by atoms with Crippen LogP contribution in [0.3, 0.4) is 0 Å². The Hall–Kier alpha value is -4.00. The van der Waals surface area contributed by atoms with Crippen molar-refractivity contribution in [2.24, 2.45) is 5.10 Å². The first-order valence-corrected chi connectivity index (χ1v) is 9.89. The second kappa shape index (κ2) is 7.79. The van der Waals surface area contributed by atoms with Gasteiger partial charge in [-0.25, -0.2) is 10.1 Å². The maximum Gasteiger partial charge on any atom is 0.292 e. The van der Waals surface area contributed by atoms with Crippen molar-refractivity contribution in [3.63, 3.8) is 0 Å². The van der Waals surface area contributed by atoms with E-state index in [4.69, 9.17) is 5.10 Å². The van der Waals surface area contributed by atoms with Crippen LogP contribution < -0.4 is 5.43 Å². The second-order valence-electron chi connectivity index (χ2n) is 7.16. The highest BCUT2D eigenvalue weighted by molar-refractivity contribution is 5.95. The number of nitrogens with one attached hydrogen (secondary N) is 2. The van der Waals surface area contributed by atoms with E-state index in [0.29, 0.717) is 5.69 Å². The Bertz CT molecular complexity index is 1210. The third-order valence-electron chi connectivity index (χ3n) is 5.20. The normalized spacial score (nSPS) is 12.9. The van der Waals surface area contributed by atoms with E-state index in [-0.39, 0.29) is 5.91 Å². The molecule has 0 aliphatic heterocycles. The molecule has 0 bridgehead atoms. The van der Waals surface area contributed by atoms with Crippen LogP contribution in [0.4, 0.5) is 0 Å². The van der Waals surface area contributed by atoms with Crippen molar-refractivity contribution in [2.45, 2.75) is 19.3 Å². The molecule has 1 aliphatic carbocycles. The van der Waals surface area contributed by atoms with Crippen LogP contribution in [0, 0.1) is 0 Å². The molecule has 0 saturated heterocycles. The Morgan fingerprint density at radius 1 is 1.07 bits per heavy atom. The molecular weight excluding hydrogens is 376 g/mol. The molecule has 2 aromatic heterocycles. The smallest absolute Gasteiger partial charge is 0.281 e. The topological polar surface area (TPSA) is 88.0 Å². The van der Waals surface area contributed by atoms with E-state index < -0.39 is 0 Å². The number of carbonyl (C=O) groups is 1. The van der Waals surface area contributed by atoms with Gasteiger partial charge in [-0.15, -0.1) is 0 Å². The van der Waals surface area contributed by atoms with Gasteiger partial charge in [0.2, 0.25) is 0 Å². The maximum atomic E-state index is 12.5. The number of aryl methyl sites for hydroxylation is 1. The van der Waals surface area contributed by atoms with E-state index in [9.17, 15) is 4.79 Å². The van der Waals surface area contributed by atoms with E-state index in [2.05, 4.69) is 20.7 Å². The summed E-state index contributed by atoms with van der Waals surface area (Å²) in [5, 5.41) is 16.0. The standard InChI is InChI=1S/C23H20N6O/c30-23(22-19-12-7-13-20(19)25-26-22)27-24-14-17-15-29(18-10-5-2-6-11-18)28-21(17)16-8-3-1-4-9-16/h1-6,8-11,14-15H,7,12-13H2,(H,25,26)(H,27,30)/b24-14+. The molecule has 148 valence electrons. The van der Waals surface area contributed by atoms with Gasteiger partial charge in [0.15, 0.2) is 5.69 Å². The lowest BCUT2D eigenvalue weighted by atomic mass is 10.1. The molecule has 7 heteroatoms. The van der Waals surface area contributed by atoms with Crippen LogP contribution in [0.5, 0.6) is 0 Å². The van der Waals surface area contributed by atoms with Gasteiger partial charge in [0.25, 0.3) is 5.91 Å². The van der Waals surface area contributed by atoms with Crippen LogP contribution >= 0.6 is 0 Å². The summed E-state index contributed by atoms with van der Waals surface area (Å²) in [5.74, 6) is -0.303. The first-order chi connectivity index (χ1) is 14.8. The van der Waals surface area contributed by atoms with Crippen LogP contribution in [-0.2, 0) is 12.8 Å². The van der Waals surface area contributed by atoms with Crippen molar-refractivity contribution in [1.29, 1.82) is 0 Å². The van der Waals surface area contributed by atoms with Gasteiger partial charge in [-0.1, -0.05) is 48.5 Å². The van der Waals surface area contributed by atoms with E-state index in [1.54, 1.807) is 6.21 Å². The Balaban J connectivity index is 1.42. The SMILES string of the molecule is O=C(N/N=C/c1cn(-c2ccccc2)nc1-c1ccccc1)c1n[nH]c2c1CCC2. The fourth-order valence-corrected chi connectivity index (χ4v) is 3.74. The number of benzene rings is 2. The van der Waals surface area contributed by atoms with Gasteiger partial charge in [0.1, 0.15) is 5.69 Å². The number of amides is 1. The molecule has 0 radical (unpaired) electrons. The van der Waals surface area contributed by atoms with Crippen molar-refractivity contribution in [3.8, 4) is 16.9 Å². The van der Waals surface area contributed by atoms with Gasteiger partial charge in [0.05, 0.1) is 11.9 Å². The van der Waals surface area contributed by atoms with E-state index >= 15 is 0 Å². The Morgan fingerprint density at radius 2 is 1.83 bits per heavy atom. The lowest BCUT2D eigenvalue weighted by Crippen LogP contribution is -2.19. The molecule has 5 rings (SSSR count). The number of para-hydroxylation sites is 1. The van der Waals surface area contributed by atoms with Crippen LogP contribution in [0.25, 0.3) is 16.9 Å². The van der Waals surface area contributed by atoms with Crippen LogP contribution in [0.1, 0.15) is 33.7 Å². The van der Waals surface area contributed by atoms with E-state index in [1.165, 1.54) is 0 Å². The molecule has 1 aliphatic rings. The Morgan fingerprint density at radius 3 is 2.63 bits per heavy atom. The molecule has 0 spiro atoms. The van der Waals surface area contributed by atoms with Gasteiger partial charge in [-0.2, -0.15) is 15.3 Å². The van der Waals surface area contributed by atoms with Crippen LogP contribution in [0.2, 0.25) is 0 Å². The van der Waals surface area contributed by atoms with Gasteiger partial charge in [0, 0.05) is 28.6 Å². The molecule has 0 fully saturated rings. The number of rotatable bonds is 5. The zero-order valence-electron chi connectivity index (χ0n) is 16.2. The van der Waals surface area contributed by atoms with Crippen molar-refractivity contribution in [3.05, 3.63) is 89.4 Å². The maximum absolute atomic E-state index is 12.5. The van der Waals surface area contributed by atoms with Crippen molar-refractivity contribution >= 4 is 12.1 Å². The summed E-state index contributed by atoms with van der Waals surface area (Å²) in [7, 11) is 0. The number of hydrogen-bond acceptors (Lipinski definition) is 4. The van der Waals surface area contributed by atoms with Crippen molar-refractivity contribution < 1.29 is 4.79 Å². The molecule has 0 unspecified atom stereocenters. The predicted molar refractivity (Wildman–Crippen MR) is 115 cm³/mol. The summed E-state index contributed by atoms with van der Waals surface area (Å²) in [5.41, 5.74) is 8.61. The number of hydrazone groups is 1. The van der Waals surface area contributed by atoms with Crippen molar-refractivity contribution in [1.82, 2.24) is 25.4 Å². The lowest BCUT2D eigenvalue weighted by molar-refractivity contribution is 0.0949. The lowest BCUT2D eigenvalue weighted by Gasteiger charge is -2.00. The highest BCUT2D eigenvalue weighted by Gasteiger charge is 2.22. The number of aromatic amines is 1. The highest BCUT2D eigenvalue weighted by Crippen LogP contribution is 2.23. The number of H-pyrrole nitrogens is 1. The van der Waals surface area contributed by atoms with Crippen LogP contribution in [-0.4, -0.2) is 32.1 Å². The molecule has 0 atom stereocenters. The molecule has 2 N–H and O–H groups in total. The molecule has 1 amide bonds. The summed E-state index contributed by atoms with van der Waals surface area (Å²) in [4.78, 5) is 12.5. The number of fused-ring (bicyclic) bond motifs is 1. The molecule has 4 aromatic rings. The third-order valence-corrected chi connectivity index (χ3v) is 5.20. The summed E-state index contributed by atoms with van der Waals surface area (Å²) >= 11 is 0. The minimum absolute atomic E-state index is 0.303. The van der Waals surface area contributed by atoms with Gasteiger partial charge in [-0.05, 0) is 31.4 Å². The highest BCUT2D eigenvalue weighted by atomic mass is 16.2. The molecule has 0 saturated carbocycles. The van der Waals surface area contributed by atoms with Crippen molar-refractivity contribution in [2.75, 3.05) is 0 Å². The van der Waals surface area contributed by atoms with Gasteiger partial charge < -0.3 is 0 Å². The van der Waals surface area contributed by atoms with Crippen LogP contribution in [0.15, 0.2) is 72.0 Å². The van der Waals surface area contributed by atoms with E-state index in [1.807, 2.05) is 71.5 Å². The summed E-state index contributed by atoms with van der Waals surface area (Å²) < 4.78 is 1.81. The fourth-order valence-electron chi connectivity index (χ4n) is 3.74. The zero-order valence-corrected chi connectivity index (χ0v) is 16.2. The Labute approximate surface area is 173 Å². The molecule has 7 nitrogen and oxygen atoms in total. The molecule has 30 heavy (non-hydrogen) atoms. The monoisotopic (exact) mass is 396 g/mol. The largest absolute Gasteiger partial charge is 0.292 e. The minimum Gasteiger partial charge on any atom is -0.281 e. The fraction of sp³-hybridized carbons (Fsp3) is 0.130. The first kappa shape index (κ1) is 18.1. The summed E-state index contributed by atoms with van der Waals surface area (Å²) in [6, 6.07) is 19.8. The summed E-state index contributed by atoms with van der Waals surface area (Å²) in [6.45, 7) is 0. The number of hydrogen-bond donors (Lipinski definition) is 2. The van der Waals surface area contributed by atoms with E-state index in [0.717, 1.165) is 53.0 Å². The Kier molecular flexibility index (Phi) is 4.69. The zero-order chi connectivity index (χ0) is 20.3. The molecule has 2 aromatic carbocycles. The molecular formula is C23H20N6O. The quantitative estimate of drug-likeness (QED) is 0.400. The van der Waals surface area contributed by atoms with Gasteiger partial charge in [-0.3, -0.25) is 9.89 Å². The first-order valence-electron chi connectivity index (χ1n) is 9.89. The minimum atomic E-state index is -0.303. The number of aromatic nitrogens is 4. The average molecular weight is 396 g/mol. The van der Waals surface area contributed by atoms with Gasteiger partial charge >= 0.3 is 0 Å². The molecule has 2 heterocycles. The number of carbonyl (C=O) groups excluding carboxylic acids is 1. The third kappa shape index (κ3) is 3.41. The summed E-state index contributed by atoms with van der Waals surface area (Å²) in [6.07, 6.45) is 6.39. The number of nitrogens with zero attached hydrogens (tertiary/aromatic N) is 4. The second-order valence-corrected chi connectivity index (χ2v) is 7.16.